The molecule has 0 saturated carbocycles. The zero-order valence-electron chi connectivity index (χ0n) is 15.9. The van der Waals surface area contributed by atoms with Crippen molar-refractivity contribution in [2.45, 2.75) is 45.3 Å². The van der Waals surface area contributed by atoms with Gasteiger partial charge < -0.3 is 15.2 Å². The molecule has 0 unspecified atom stereocenters. The fourth-order valence-corrected chi connectivity index (χ4v) is 3.46. The number of benzene rings is 1. The molecule has 0 spiro atoms. The lowest BCUT2D eigenvalue weighted by Gasteiger charge is -2.35. The SMILES string of the molecule is Cc1ccc(-c2nnc(N[C@H]3CCC(C)(C)OC3)c3cnccc23)c(O)c1. The average molecular weight is 364 g/mol. The second-order valence-corrected chi connectivity index (χ2v) is 7.79. The van der Waals surface area contributed by atoms with Gasteiger partial charge in [0, 0.05) is 28.7 Å². The molecule has 1 aromatic carbocycles. The van der Waals surface area contributed by atoms with Crippen LogP contribution in [0.5, 0.6) is 5.75 Å². The number of rotatable bonds is 3. The predicted molar refractivity (Wildman–Crippen MR) is 106 cm³/mol. The van der Waals surface area contributed by atoms with Gasteiger partial charge in [-0.05, 0) is 57.4 Å². The first-order chi connectivity index (χ1) is 12.9. The zero-order valence-corrected chi connectivity index (χ0v) is 15.9. The molecule has 6 heteroatoms. The fraction of sp³-hybridized carbons (Fsp3) is 0.381. The third-order valence-electron chi connectivity index (χ3n) is 5.10. The Bertz CT molecular complexity index is 977. The largest absolute Gasteiger partial charge is 0.507 e. The van der Waals surface area contributed by atoms with Crippen LogP contribution in [0.4, 0.5) is 5.82 Å². The van der Waals surface area contributed by atoms with E-state index in [1.165, 1.54) is 0 Å². The van der Waals surface area contributed by atoms with Gasteiger partial charge in [0.1, 0.15) is 11.4 Å². The van der Waals surface area contributed by atoms with E-state index >= 15 is 0 Å². The highest BCUT2D eigenvalue weighted by molar-refractivity contribution is 6.00. The molecule has 1 fully saturated rings. The Hall–Kier alpha value is -2.73. The van der Waals surface area contributed by atoms with Crippen molar-refractivity contribution in [1.29, 1.82) is 0 Å². The van der Waals surface area contributed by atoms with E-state index in [-0.39, 0.29) is 17.4 Å². The lowest BCUT2D eigenvalue weighted by atomic mass is 9.95. The summed E-state index contributed by atoms with van der Waals surface area (Å²) in [5.41, 5.74) is 2.24. The van der Waals surface area contributed by atoms with E-state index in [1.807, 2.05) is 25.1 Å². The molecule has 1 aliphatic rings. The van der Waals surface area contributed by atoms with Gasteiger partial charge in [-0.25, -0.2) is 0 Å². The molecule has 1 aliphatic heterocycles. The first kappa shape index (κ1) is 17.7. The molecular weight excluding hydrogens is 340 g/mol. The van der Waals surface area contributed by atoms with E-state index in [9.17, 15) is 5.11 Å². The molecule has 0 radical (unpaired) electrons. The number of fused-ring (bicyclic) bond motifs is 1. The molecule has 1 atom stereocenters. The molecule has 2 aromatic heterocycles. The average Bonchev–Trinajstić information content (AvgIpc) is 2.64. The van der Waals surface area contributed by atoms with Crippen LogP contribution in [0, 0.1) is 6.92 Å². The number of nitrogens with one attached hydrogen (secondary N) is 1. The molecule has 2 N–H and O–H groups in total. The number of aryl methyl sites for hydroxylation is 1. The number of aromatic hydroxyl groups is 1. The van der Waals surface area contributed by atoms with E-state index in [1.54, 1.807) is 18.5 Å². The van der Waals surface area contributed by atoms with Crippen molar-refractivity contribution in [3.63, 3.8) is 0 Å². The minimum Gasteiger partial charge on any atom is -0.507 e. The molecule has 1 saturated heterocycles. The molecule has 6 nitrogen and oxygen atoms in total. The van der Waals surface area contributed by atoms with Crippen molar-refractivity contribution in [2.75, 3.05) is 11.9 Å². The number of hydrogen-bond acceptors (Lipinski definition) is 6. The maximum Gasteiger partial charge on any atom is 0.158 e. The van der Waals surface area contributed by atoms with Crippen LogP contribution in [0.3, 0.4) is 0 Å². The number of ether oxygens (including phenoxy) is 1. The zero-order chi connectivity index (χ0) is 19.0. The summed E-state index contributed by atoms with van der Waals surface area (Å²) in [5, 5.41) is 24.4. The standard InChI is InChI=1S/C21H24N4O2/c1-13-4-5-16(18(26)10-13)19-15-7-9-22-11-17(15)20(25-24-19)23-14-6-8-21(2,3)27-12-14/h4-5,7,9-11,14,26H,6,8,12H2,1-3H3,(H,23,25)/t14-/m0/s1. The second-order valence-electron chi connectivity index (χ2n) is 7.79. The molecule has 0 aliphatic carbocycles. The Labute approximate surface area is 158 Å². The summed E-state index contributed by atoms with van der Waals surface area (Å²) in [7, 11) is 0. The van der Waals surface area contributed by atoms with Gasteiger partial charge in [0.05, 0.1) is 18.2 Å². The van der Waals surface area contributed by atoms with Gasteiger partial charge >= 0.3 is 0 Å². The molecule has 27 heavy (non-hydrogen) atoms. The van der Waals surface area contributed by atoms with Gasteiger partial charge in [-0.15, -0.1) is 10.2 Å². The molecule has 3 aromatic rings. The van der Waals surface area contributed by atoms with Crippen molar-refractivity contribution in [1.82, 2.24) is 15.2 Å². The van der Waals surface area contributed by atoms with Crippen LogP contribution < -0.4 is 5.32 Å². The Morgan fingerprint density at radius 1 is 1.19 bits per heavy atom. The van der Waals surface area contributed by atoms with Crippen molar-refractivity contribution in [3.8, 4) is 17.0 Å². The van der Waals surface area contributed by atoms with Crippen molar-refractivity contribution in [2.24, 2.45) is 0 Å². The van der Waals surface area contributed by atoms with Crippen LogP contribution in [0.25, 0.3) is 22.0 Å². The summed E-state index contributed by atoms with van der Waals surface area (Å²) in [6.45, 7) is 6.81. The van der Waals surface area contributed by atoms with E-state index in [2.05, 4.69) is 34.3 Å². The van der Waals surface area contributed by atoms with E-state index in [0.717, 1.165) is 29.2 Å². The molecule has 0 bridgehead atoms. The Morgan fingerprint density at radius 3 is 2.78 bits per heavy atom. The van der Waals surface area contributed by atoms with Crippen LogP contribution in [-0.2, 0) is 4.74 Å². The predicted octanol–water partition coefficient (Wildman–Crippen LogP) is 4.08. The summed E-state index contributed by atoms with van der Waals surface area (Å²) >= 11 is 0. The summed E-state index contributed by atoms with van der Waals surface area (Å²) in [6.07, 6.45) is 5.52. The number of anilines is 1. The molecule has 4 rings (SSSR count). The highest BCUT2D eigenvalue weighted by Crippen LogP contribution is 2.35. The summed E-state index contributed by atoms with van der Waals surface area (Å²) in [4.78, 5) is 4.26. The van der Waals surface area contributed by atoms with Gasteiger partial charge in [0.25, 0.3) is 0 Å². The fourth-order valence-electron chi connectivity index (χ4n) is 3.46. The van der Waals surface area contributed by atoms with E-state index in [4.69, 9.17) is 4.74 Å². The van der Waals surface area contributed by atoms with Crippen LogP contribution in [-0.4, -0.2) is 38.5 Å². The smallest absolute Gasteiger partial charge is 0.158 e. The molecule has 140 valence electrons. The minimum atomic E-state index is -0.0691. The quantitative estimate of drug-likeness (QED) is 0.729. The topological polar surface area (TPSA) is 80.2 Å². The Morgan fingerprint density at radius 2 is 2.04 bits per heavy atom. The highest BCUT2D eigenvalue weighted by atomic mass is 16.5. The maximum absolute atomic E-state index is 10.4. The Kier molecular flexibility index (Phi) is 4.44. The number of pyridine rings is 1. The molecular formula is C21H24N4O2. The van der Waals surface area contributed by atoms with Crippen molar-refractivity contribution < 1.29 is 9.84 Å². The van der Waals surface area contributed by atoms with Crippen molar-refractivity contribution in [3.05, 3.63) is 42.2 Å². The first-order valence-electron chi connectivity index (χ1n) is 9.24. The lowest BCUT2D eigenvalue weighted by Crippen LogP contribution is -2.40. The minimum absolute atomic E-state index is 0.0691. The van der Waals surface area contributed by atoms with Crippen LogP contribution in [0.15, 0.2) is 36.7 Å². The maximum atomic E-state index is 10.4. The molecule has 3 heterocycles. The highest BCUT2D eigenvalue weighted by Gasteiger charge is 2.28. The lowest BCUT2D eigenvalue weighted by molar-refractivity contribution is -0.0563. The van der Waals surface area contributed by atoms with Gasteiger partial charge in [-0.2, -0.15) is 0 Å². The number of nitrogens with zero attached hydrogens (tertiary/aromatic N) is 3. The van der Waals surface area contributed by atoms with Crippen molar-refractivity contribution >= 4 is 16.6 Å². The van der Waals surface area contributed by atoms with Gasteiger partial charge in [-0.1, -0.05) is 6.07 Å². The Balaban J connectivity index is 1.71. The summed E-state index contributed by atoms with van der Waals surface area (Å²) in [6, 6.07) is 7.66. The monoisotopic (exact) mass is 364 g/mol. The number of phenols is 1. The normalized spacial score (nSPS) is 19.1. The third kappa shape index (κ3) is 3.57. The van der Waals surface area contributed by atoms with Gasteiger partial charge in [0.2, 0.25) is 0 Å². The van der Waals surface area contributed by atoms with Crippen LogP contribution >= 0.6 is 0 Å². The van der Waals surface area contributed by atoms with Crippen LogP contribution in [0.1, 0.15) is 32.3 Å². The second kappa shape index (κ2) is 6.78. The number of aromatic nitrogens is 3. The van der Waals surface area contributed by atoms with E-state index in [0.29, 0.717) is 23.7 Å². The summed E-state index contributed by atoms with van der Waals surface area (Å²) in [5.74, 6) is 0.896. The van der Waals surface area contributed by atoms with E-state index < -0.39 is 0 Å². The van der Waals surface area contributed by atoms with Gasteiger partial charge in [0.15, 0.2) is 5.82 Å². The molecule has 0 amide bonds. The summed E-state index contributed by atoms with van der Waals surface area (Å²) < 4.78 is 5.92. The number of phenolic OH excluding ortho intramolecular Hbond substituents is 1. The van der Waals surface area contributed by atoms with Crippen LogP contribution in [0.2, 0.25) is 0 Å². The first-order valence-corrected chi connectivity index (χ1v) is 9.24. The third-order valence-corrected chi connectivity index (χ3v) is 5.10. The number of hydrogen-bond donors (Lipinski definition) is 2. The van der Waals surface area contributed by atoms with Gasteiger partial charge in [-0.3, -0.25) is 4.98 Å².